The largest absolute Gasteiger partial charge is 0.389 e. The Labute approximate surface area is 279 Å². The van der Waals surface area contributed by atoms with Gasteiger partial charge in [-0.15, -0.1) is 0 Å². The number of aromatic nitrogens is 2. The first kappa shape index (κ1) is 40.0. The van der Waals surface area contributed by atoms with E-state index < -0.39 is 55.6 Å². The number of hydrogen-bond acceptors (Lipinski definition) is 11. The summed E-state index contributed by atoms with van der Waals surface area (Å²) in [6.45, 7) is 2.86. The molecule has 1 aromatic rings. The van der Waals surface area contributed by atoms with Gasteiger partial charge in [0, 0.05) is 31.9 Å². The molecule has 47 heavy (non-hydrogen) atoms. The minimum atomic E-state index is -3.70. The Morgan fingerprint density at radius 3 is 1.87 bits per heavy atom. The van der Waals surface area contributed by atoms with Crippen LogP contribution in [0.3, 0.4) is 0 Å². The van der Waals surface area contributed by atoms with E-state index in [1.54, 1.807) is 4.90 Å². The number of β-amino-alcohol motifs (C(OH)–C–C–N with tert-alkyl or cyclic N) is 2. The summed E-state index contributed by atoms with van der Waals surface area (Å²) in [6, 6.07) is 1.10. The molecular weight excluding hydrogens is 629 g/mol. The second-order valence-corrected chi connectivity index (χ2v) is 15.4. The van der Waals surface area contributed by atoms with Gasteiger partial charge in [0.05, 0.1) is 31.6 Å². The molecule has 0 amide bonds. The highest BCUT2D eigenvalue weighted by molar-refractivity contribution is 7.53. The fourth-order valence-electron chi connectivity index (χ4n) is 6.22. The fourth-order valence-corrected chi connectivity index (χ4v) is 7.87. The van der Waals surface area contributed by atoms with Gasteiger partial charge < -0.3 is 34.2 Å². The Morgan fingerprint density at radius 2 is 1.34 bits per heavy atom. The maximum absolute atomic E-state index is 13.8. The highest BCUT2D eigenvalue weighted by atomic mass is 31.2. The maximum atomic E-state index is 13.8. The molecule has 2 aliphatic rings. The SMILES string of the molecule is CCCCCCCCCCCCCCCCCCOP(=O)(CCN1C[C@@H](O)[C@H](O)C1)OC[C@H]1O[C@@H](n2ccc(=O)[nH]c2=O)[C@H](O)[C@@H]1O. The Balaban J connectivity index is 1.36. The second-order valence-electron chi connectivity index (χ2n) is 13.2. The van der Waals surface area contributed by atoms with Crippen LogP contribution in [0.5, 0.6) is 0 Å². The van der Waals surface area contributed by atoms with Crippen LogP contribution in [-0.4, -0.2) is 104 Å². The van der Waals surface area contributed by atoms with Crippen molar-refractivity contribution in [2.24, 2.45) is 0 Å². The van der Waals surface area contributed by atoms with E-state index in [0.29, 0.717) is 6.42 Å². The molecule has 272 valence electrons. The van der Waals surface area contributed by atoms with Crippen LogP contribution in [0.1, 0.15) is 116 Å². The molecule has 0 spiro atoms. The lowest BCUT2D eigenvalue weighted by Gasteiger charge is -2.24. The number of likely N-dealkylation sites (tertiary alicyclic amines) is 1. The normalized spacial score (nSPS) is 26.2. The van der Waals surface area contributed by atoms with Crippen molar-refractivity contribution in [3.63, 3.8) is 0 Å². The Hall–Kier alpha value is -1.41. The summed E-state index contributed by atoms with van der Waals surface area (Å²) in [5, 5.41) is 40.9. The van der Waals surface area contributed by atoms with Crippen LogP contribution in [0.4, 0.5) is 0 Å². The highest BCUT2D eigenvalue weighted by Crippen LogP contribution is 2.49. The molecule has 0 aromatic carbocycles. The van der Waals surface area contributed by atoms with Crippen LogP contribution in [-0.2, 0) is 18.3 Å². The maximum Gasteiger partial charge on any atom is 0.332 e. The van der Waals surface area contributed by atoms with Crippen molar-refractivity contribution in [2.75, 3.05) is 39.0 Å². The summed E-state index contributed by atoms with van der Waals surface area (Å²) >= 11 is 0. The van der Waals surface area contributed by atoms with Crippen molar-refractivity contribution in [2.45, 2.75) is 146 Å². The first-order chi connectivity index (χ1) is 22.6. The zero-order chi connectivity index (χ0) is 34.1. The van der Waals surface area contributed by atoms with E-state index in [2.05, 4.69) is 11.9 Å². The third-order valence-electron chi connectivity index (χ3n) is 9.21. The number of aliphatic hydroxyl groups is 4. The summed E-state index contributed by atoms with van der Waals surface area (Å²) in [4.78, 5) is 27.5. The Bertz CT molecular complexity index is 1160. The third kappa shape index (κ3) is 14.2. The van der Waals surface area contributed by atoms with Crippen molar-refractivity contribution < 1.29 is 38.8 Å². The molecule has 2 saturated heterocycles. The van der Waals surface area contributed by atoms with Crippen LogP contribution in [0.15, 0.2) is 21.9 Å². The van der Waals surface area contributed by atoms with Crippen molar-refractivity contribution >= 4 is 7.60 Å². The van der Waals surface area contributed by atoms with Gasteiger partial charge in [-0.2, -0.15) is 0 Å². The molecule has 0 saturated carbocycles. The van der Waals surface area contributed by atoms with Gasteiger partial charge in [0.1, 0.15) is 18.3 Å². The quantitative estimate of drug-likeness (QED) is 0.0746. The lowest BCUT2D eigenvalue weighted by molar-refractivity contribution is -0.0531. The molecule has 2 fully saturated rings. The highest BCUT2D eigenvalue weighted by Gasteiger charge is 2.45. The van der Waals surface area contributed by atoms with Crippen molar-refractivity contribution in [3.05, 3.63) is 33.1 Å². The van der Waals surface area contributed by atoms with E-state index in [4.69, 9.17) is 13.8 Å². The number of ether oxygens (including phenoxy) is 1. The molecule has 7 atom stereocenters. The number of aromatic amines is 1. The van der Waals surface area contributed by atoms with Gasteiger partial charge in [0.15, 0.2) is 6.23 Å². The fraction of sp³-hybridized carbons (Fsp3) is 0.879. The van der Waals surface area contributed by atoms with Crippen molar-refractivity contribution in [1.29, 1.82) is 0 Å². The van der Waals surface area contributed by atoms with Crippen LogP contribution in [0.2, 0.25) is 0 Å². The van der Waals surface area contributed by atoms with E-state index >= 15 is 0 Å². The lowest BCUT2D eigenvalue weighted by atomic mass is 10.0. The van der Waals surface area contributed by atoms with E-state index in [-0.39, 0.29) is 39.0 Å². The first-order valence-electron chi connectivity index (χ1n) is 17.9. The van der Waals surface area contributed by atoms with Gasteiger partial charge in [-0.25, -0.2) is 4.79 Å². The average Bonchev–Trinajstić information content (AvgIpc) is 3.52. The molecule has 3 rings (SSSR count). The molecule has 14 heteroatoms. The zero-order valence-electron chi connectivity index (χ0n) is 28.3. The van der Waals surface area contributed by atoms with E-state index in [9.17, 15) is 34.6 Å². The van der Waals surface area contributed by atoms with Gasteiger partial charge in [-0.05, 0) is 6.42 Å². The summed E-state index contributed by atoms with van der Waals surface area (Å²) < 4.78 is 32.0. The molecule has 0 radical (unpaired) electrons. The van der Waals surface area contributed by atoms with Gasteiger partial charge in [0.25, 0.3) is 5.56 Å². The van der Waals surface area contributed by atoms with Crippen LogP contribution in [0.25, 0.3) is 0 Å². The minimum Gasteiger partial charge on any atom is -0.389 e. The van der Waals surface area contributed by atoms with Gasteiger partial charge in [-0.3, -0.25) is 23.8 Å². The van der Waals surface area contributed by atoms with E-state index in [1.807, 2.05) is 0 Å². The molecule has 5 N–H and O–H groups in total. The van der Waals surface area contributed by atoms with E-state index in [1.165, 1.54) is 77.0 Å². The summed E-state index contributed by atoms with van der Waals surface area (Å²) in [6.07, 6.45) is 13.9. The van der Waals surface area contributed by atoms with Crippen LogP contribution in [0, 0.1) is 0 Å². The summed E-state index contributed by atoms with van der Waals surface area (Å²) in [7, 11) is -3.70. The van der Waals surface area contributed by atoms with E-state index in [0.717, 1.165) is 36.1 Å². The van der Waals surface area contributed by atoms with Gasteiger partial charge in [-0.1, -0.05) is 103 Å². The number of hydrogen-bond donors (Lipinski definition) is 5. The van der Waals surface area contributed by atoms with Crippen LogP contribution < -0.4 is 11.2 Å². The van der Waals surface area contributed by atoms with Crippen molar-refractivity contribution in [3.8, 4) is 0 Å². The Morgan fingerprint density at radius 1 is 0.809 bits per heavy atom. The standard InChI is InChI=1S/C33H60N3O10P/c1-2-3-4-5-6-7-8-9-10-11-12-13-14-15-16-17-21-44-47(43,22-20-35-23-26(37)27(38)24-35)45-25-28-30(40)31(41)32(46-28)36-19-18-29(39)34-33(36)42/h18-19,26-28,30-32,37-38,40-41H,2-17,20-25H2,1H3,(H,34,39,42)/t26-,27-,28-,30-,31-,32-,47?/m1/s1. The smallest absolute Gasteiger partial charge is 0.332 e. The molecule has 3 heterocycles. The first-order valence-corrected chi connectivity index (χ1v) is 19.7. The molecule has 1 aromatic heterocycles. The van der Waals surface area contributed by atoms with Gasteiger partial charge in [0.2, 0.25) is 0 Å². The summed E-state index contributed by atoms with van der Waals surface area (Å²) in [5.41, 5.74) is -1.42. The molecule has 0 bridgehead atoms. The number of nitrogens with one attached hydrogen (secondary N) is 1. The molecule has 0 aliphatic carbocycles. The second kappa shape index (κ2) is 21.6. The molecule has 1 unspecified atom stereocenters. The monoisotopic (exact) mass is 689 g/mol. The number of nitrogens with zero attached hydrogens (tertiary/aromatic N) is 2. The predicted octanol–water partition coefficient (Wildman–Crippen LogP) is 3.68. The lowest BCUT2D eigenvalue weighted by Crippen LogP contribution is -2.37. The third-order valence-corrected chi connectivity index (χ3v) is 11.1. The minimum absolute atomic E-state index is 0.000521. The number of unbranched alkanes of at least 4 members (excludes halogenated alkanes) is 15. The van der Waals surface area contributed by atoms with Crippen molar-refractivity contribution in [1.82, 2.24) is 14.5 Å². The number of H-pyrrole nitrogens is 1. The number of aliphatic hydroxyl groups excluding tert-OH is 4. The molecule has 13 nitrogen and oxygen atoms in total. The number of rotatable bonds is 25. The van der Waals surface area contributed by atoms with Gasteiger partial charge >= 0.3 is 13.3 Å². The van der Waals surface area contributed by atoms with Crippen LogP contribution >= 0.6 is 7.60 Å². The zero-order valence-corrected chi connectivity index (χ0v) is 29.1. The Kier molecular flexibility index (Phi) is 18.4. The molecular formula is C33H60N3O10P. The topological polar surface area (TPSA) is 184 Å². The predicted molar refractivity (Wildman–Crippen MR) is 180 cm³/mol. The average molecular weight is 690 g/mol. The summed E-state index contributed by atoms with van der Waals surface area (Å²) in [5.74, 6) is 0. The molecule has 2 aliphatic heterocycles.